The number of imidazole rings is 1. The van der Waals surface area contributed by atoms with E-state index >= 15 is 0 Å². The number of hydrogen-bond acceptors (Lipinski definition) is 4. The average molecular weight is 339 g/mol. The molecule has 0 aliphatic carbocycles. The van der Waals surface area contributed by atoms with E-state index in [0.29, 0.717) is 0 Å². The number of non-ortho nitro benzene ring substituents is 1. The minimum Gasteiger partial charge on any atom is -0.337 e. The van der Waals surface area contributed by atoms with Crippen LogP contribution in [0.3, 0.4) is 0 Å². The van der Waals surface area contributed by atoms with Crippen molar-refractivity contribution in [3.05, 3.63) is 87.2 Å². The Hall–Kier alpha value is -2.60. The highest BCUT2D eigenvalue weighted by molar-refractivity contribution is 7.98. The maximum atomic E-state index is 10.7. The number of aromatic nitrogens is 2. The van der Waals surface area contributed by atoms with E-state index < -0.39 is 0 Å². The Morgan fingerprint density at radius 1 is 1.08 bits per heavy atom. The SMILES string of the molecule is Cc1[nH]c(SCc2ccc([N+](=O)[O-])cc2)nc1Cc1ccccc1. The topological polar surface area (TPSA) is 71.8 Å². The number of rotatable bonds is 6. The molecule has 2 aromatic carbocycles. The Morgan fingerprint density at radius 3 is 2.46 bits per heavy atom. The minimum absolute atomic E-state index is 0.114. The number of thioether (sulfide) groups is 1. The number of hydrogen-bond donors (Lipinski definition) is 1. The molecule has 6 heteroatoms. The number of nitro benzene ring substituents is 1. The third kappa shape index (κ3) is 4.02. The molecule has 3 rings (SSSR count). The number of nitrogens with zero attached hydrogens (tertiary/aromatic N) is 2. The molecule has 0 bridgehead atoms. The monoisotopic (exact) mass is 339 g/mol. The fraction of sp³-hybridized carbons (Fsp3) is 0.167. The van der Waals surface area contributed by atoms with Crippen molar-refractivity contribution in [2.75, 3.05) is 0 Å². The summed E-state index contributed by atoms with van der Waals surface area (Å²) in [6, 6.07) is 16.9. The molecule has 0 radical (unpaired) electrons. The zero-order valence-electron chi connectivity index (χ0n) is 13.2. The number of nitrogens with one attached hydrogen (secondary N) is 1. The van der Waals surface area contributed by atoms with E-state index in [9.17, 15) is 10.1 Å². The zero-order chi connectivity index (χ0) is 16.9. The Kier molecular flexibility index (Phi) is 4.96. The van der Waals surface area contributed by atoms with Crippen molar-refractivity contribution in [3.63, 3.8) is 0 Å². The summed E-state index contributed by atoms with van der Waals surface area (Å²) in [5, 5.41) is 11.5. The summed E-state index contributed by atoms with van der Waals surface area (Å²) in [5.41, 5.74) is 4.50. The normalized spacial score (nSPS) is 10.7. The van der Waals surface area contributed by atoms with Crippen molar-refractivity contribution in [2.45, 2.75) is 24.3 Å². The van der Waals surface area contributed by atoms with E-state index in [1.807, 2.05) is 25.1 Å². The van der Waals surface area contributed by atoms with Gasteiger partial charge in [0.1, 0.15) is 0 Å². The quantitative estimate of drug-likeness (QED) is 0.407. The molecule has 0 saturated heterocycles. The van der Waals surface area contributed by atoms with Crippen LogP contribution in [0.4, 0.5) is 5.69 Å². The van der Waals surface area contributed by atoms with Gasteiger partial charge in [-0.2, -0.15) is 0 Å². The smallest absolute Gasteiger partial charge is 0.269 e. The molecule has 0 amide bonds. The van der Waals surface area contributed by atoms with Gasteiger partial charge in [-0.15, -0.1) is 0 Å². The summed E-state index contributed by atoms with van der Waals surface area (Å²) in [6.07, 6.45) is 0.807. The van der Waals surface area contributed by atoms with Gasteiger partial charge in [0, 0.05) is 30.0 Å². The van der Waals surface area contributed by atoms with Crippen LogP contribution >= 0.6 is 11.8 Å². The van der Waals surface area contributed by atoms with Gasteiger partial charge in [-0.25, -0.2) is 4.98 Å². The number of aromatic amines is 1. The van der Waals surface area contributed by atoms with Gasteiger partial charge in [-0.05, 0) is 18.1 Å². The molecule has 0 aliphatic heterocycles. The summed E-state index contributed by atoms with van der Waals surface area (Å²) < 4.78 is 0. The van der Waals surface area contributed by atoms with Gasteiger partial charge in [0.05, 0.1) is 10.6 Å². The van der Waals surface area contributed by atoms with Crippen LogP contribution in [0.15, 0.2) is 59.8 Å². The van der Waals surface area contributed by atoms with Crippen LogP contribution in [0.5, 0.6) is 0 Å². The van der Waals surface area contributed by atoms with Crippen LogP contribution in [0, 0.1) is 17.0 Å². The highest BCUT2D eigenvalue weighted by Crippen LogP contribution is 2.23. The molecule has 0 spiro atoms. The Bertz CT molecular complexity index is 829. The van der Waals surface area contributed by atoms with E-state index in [4.69, 9.17) is 0 Å². The van der Waals surface area contributed by atoms with Crippen LogP contribution in [0.25, 0.3) is 0 Å². The summed E-state index contributed by atoms with van der Waals surface area (Å²) in [5.74, 6) is 0.718. The van der Waals surface area contributed by atoms with E-state index in [0.717, 1.165) is 34.3 Å². The molecule has 1 N–H and O–H groups in total. The first-order valence-electron chi connectivity index (χ1n) is 7.57. The standard InChI is InChI=1S/C18H17N3O2S/c1-13-17(11-14-5-3-2-4-6-14)20-18(19-13)24-12-15-7-9-16(10-8-15)21(22)23/h2-10H,11-12H2,1H3,(H,19,20). The minimum atomic E-state index is -0.386. The average Bonchev–Trinajstić information content (AvgIpc) is 2.94. The lowest BCUT2D eigenvalue weighted by Gasteiger charge is -1.99. The van der Waals surface area contributed by atoms with Gasteiger partial charge in [-0.3, -0.25) is 10.1 Å². The lowest BCUT2D eigenvalue weighted by Crippen LogP contribution is -1.90. The number of H-pyrrole nitrogens is 1. The highest BCUT2D eigenvalue weighted by Gasteiger charge is 2.09. The molecule has 1 aromatic heterocycles. The first-order chi connectivity index (χ1) is 11.6. The second kappa shape index (κ2) is 7.31. The van der Waals surface area contributed by atoms with E-state index in [-0.39, 0.29) is 10.6 Å². The van der Waals surface area contributed by atoms with Gasteiger partial charge in [0.25, 0.3) is 5.69 Å². The zero-order valence-corrected chi connectivity index (χ0v) is 14.0. The van der Waals surface area contributed by atoms with Crippen molar-refractivity contribution >= 4 is 17.4 Å². The predicted octanol–water partition coefficient (Wildman–Crippen LogP) is 4.51. The number of nitro groups is 1. The van der Waals surface area contributed by atoms with Crippen LogP contribution in [0.1, 0.15) is 22.5 Å². The number of aryl methyl sites for hydroxylation is 1. The van der Waals surface area contributed by atoms with Gasteiger partial charge >= 0.3 is 0 Å². The second-order valence-corrected chi connectivity index (χ2v) is 6.45. The molecule has 0 aliphatic rings. The van der Waals surface area contributed by atoms with Gasteiger partial charge in [0.15, 0.2) is 5.16 Å². The molecule has 0 saturated carbocycles. The maximum Gasteiger partial charge on any atom is 0.269 e. The van der Waals surface area contributed by atoms with Crippen molar-refractivity contribution < 1.29 is 4.92 Å². The summed E-state index contributed by atoms with van der Waals surface area (Å²) in [7, 11) is 0. The molecule has 5 nitrogen and oxygen atoms in total. The van der Waals surface area contributed by atoms with Crippen LogP contribution in [0.2, 0.25) is 0 Å². The first kappa shape index (κ1) is 16.3. The van der Waals surface area contributed by atoms with Gasteiger partial charge in [-0.1, -0.05) is 54.2 Å². The van der Waals surface area contributed by atoms with E-state index in [1.165, 1.54) is 17.7 Å². The van der Waals surface area contributed by atoms with E-state index in [2.05, 4.69) is 22.1 Å². The largest absolute Gasteiger partial charge is 0.337 e. The molecule has 24 heavy (non-hydrogen) atoms. The molecule has 3 aromatic rings. The Labute approximate surface area is 144 Å². The summed E-state index contributed by atoms with van der Waals surface area (Å²) in [4.78, 5) is 18.3. The third-order valence-electron chi connectivity index (χ3n) is 3.70. The van der Waals surface area contributed by atoms with Crippen LogP contribution in [-0.4, -0.2) is 14.9 Å². The summed E-state index contributed by atoms with van der Waals surface area (Å²) in [6.45, 7) is 2.03. The fourth-order valence-electron chi connectivity index (χ4n) is 2.36. The maximum absolute atomic E-state index is 10.7. The van der Waals surface area contributed by atoms with Crippen LogP contribution in [-0.2, 0) is 12.2 Å². The van der Waals surface area contributed by atoms with Crippen molar-refractivity contribution in [2.24, 2.45) is 0 Å². The molecule has 0 fully saturated rings. The lowest BCUT2D eigenvalue weighted by atomic mass is 10.1. The third-order valence-corrected chi connectivity index (χ3v) is 4.65. The Morgan fingerprint density at radius 2 is 1.79 bits per heavy atom. The first-order valence-corrected chi connectivity index (χ1v) is 8.56. The van der Waals surface area contributed by atoms with Gasteiger partial charge in [0.2, 0.25) is 0 Å². The molecular weight excluding hydrogens is 322 g/mol. The van der Waals surface area contributed by atoms with Crippen molar-refractivity contribution in [1.82, 2.24) is 9.97 Å². The highest BCUT2D eigenvalue weighted by atomic mass is 32.2. The van der Waals surface area contributed by atoms with Gasteiger partial charge < -0.3 is 4.98 Å². The predicted molar refractivity (Wildman–Crippen MR) is 95.2 cm³/mol. The molecule has 1 heterocycles. The lowest BCUT2D eigenvalue weighted by molar-refractivity contribution is -0.384. The number of benzene rings is 2. The summed E-state index contributed by atoms with van der Waals surface area (Å²) >= 11 is 1.60. The molecule has 122 valence electrons. The van der Waals surface area contributed by atoms with Crippen molar-refractivity contribution in [1.29, 1.82) is 0 Å². The Balaban J connectivity index is 1.63. The molecular formula is C18H17N3O2S. The molecule has 0 atom stereocenters. The van der Waals surface area contributed by atoms with E-state index in [1.54, 1.807) is 23.9 Å². The fourth-order valence-corrected chi connectivity index (χ4v) is 3.26. The van der Waals surface area contributed by atoms with Crippen LogP contribution < -0.4 is 0 Å². The second-order valence-electron chi connectivity index (χ2n) is 5.49. The van der Waals surface area contributed by atoms with Crippen molar-refractivity contribution in [3.8, 4) is 0 Å². The molecule has 0 unspecified atom stereocenters.